The standard InChI is InChI=1S/C16H20N2O2/c1-12-5-4-6-14(11-12)20-10-9-17-16(19)15-8-7-13(2)18(15)3/h4-8,11H,9-10H2,1-3H3,(H,17,19). The van der Waals surface area contributed by atoms with Crippen LogP contribution in [0.1, 0.15) is 21.7 Å². The molecule has 0 unspecified atom stereocenters. The van der Waals surface area contributed by atoms with Gasteiger partial charge >= 0.3 is 0 Å². The molecule has 0 radical (unpaired) electrons. The van der Waals surface area contributed by atoms with Gasteiger partial charge in [0.05, 0.1) is 6.54 Å². The molecule has 1 N–H and O–H groups in total. The first-order valence-electron chi connectivity index (χ1n) is 6.68. The van der Waals surface area contributed by atoms with Crippen LogP contribution in [0.15, 0.2) is 36.4 Å². The third-order valence-corrected chi connectivity index (χ3v) is 3.25. The number of aryl methyl sites for hydroxylation is 2. The lowest BCUT2D eigenvalue weighted by atomic mass is 10.2. The van der Waals surface area contributed by atoms with Crippen LogP contribution in [0.4, 0.5) is 0 Å². The van der Waals surface area contributed by atoms with Crippen molar-refractivity contribution in [1.82, 2.24) is 9.88 Å². The van der Waals surface area contributed by atoms with Gasteiger partial charge in [0.2, 0.25) is 0 Å². The number of rotatable bonds is 5. The lowest BCUT2D eigenvalue weighted by Gasteiger charge is -2.09. The van der Waals surface area contributed by atoms with Crippen molar-refractivity contribution in [2.75, 3.05) is 13.2 Å². The molecule has 20 heavy (non-hydrogen) atoms. The fraction of sp³-hybridized carbons (Fsp3) is 0.312. The smallest absolute Gasteiger partial charge is 0.268 e. The van der Waals surface area contributed by atoms with Crippen molar-refractivity contribution in [3.8, 4) is 5.75 Å². The zero-order valence-corrected chi connectivity index (χ0v) is 12.1. The second-order valence-corrected chi connectivity index (χ2v) is 4.84. The van der Waals surface area contributed by atoms with Crippen LogP contribution in [0, 0.1) is 13.8 Å². The summed E-state index contributed by atoms with van der Waals surface area (Å²) in [6.07, 6.45) is 0. The molecule has 1 amide bonds. The van der Waals surface area contributed by atoms with E-state index < -0.39 is 0 Å². The first-order valence-corrected chi connectivity index (χ1v) is 6.68. The molecule has 0 aliphatic heterocycles. The van der Waals surface area contributed by atoms with Crippen molar-refractivity contribution >= 4 is 5.91 Å². The number of hydrogen-bond donors (Lipinski definition) is 1. The van der Waals surface area contributed by atoms with E-state index in [1.54, 1.807) is 0 Å². The van der Waals surface area contributed by atoms with Crippen molar-refractivity contribution in [2.24, 2.45) is 7.05 Å². The predicted molar refractivity (Wildman–Crippen MR) is 79.2 cm³/mol. The minimum atomic E-state index is -0.0755. The lowest BCUT2D eigenvalue weighted by Crippen LogP contribution is -2.29. The number of carbonyl (C=O) groups excluding carboxylic acids is 1. The Morgan fingerprint density at radius 3 is 2.70 bits per heavy atom. The fourth-order valence-corrected chi connectivity index (χ4v) is 1.97. The van der Waals surface area contributed by atoms with Gasteiger partial charge in [0.25, 0.3) is 5.91 Å². The molecule has 0 atom stereocenters. The summed E-state index contributed by atoms with van der Waals surface area (Å²) >= 11 is 0. The first kappa shape index (κ1) is 14.2. The number of carbonyl (C=O) groups is 1. The Morgan fingerprint density at radius 2 is 2.05 bits per heavy atom. The molecule has 2 rings (SSSR count). The van der Waals surface area contributed by atoms with Crippen molar-refractivity contribution in [2.45, 2.75) is 13.8 Å². The van der Waals surface area contributed by atoms with Crippen LogP contribution in [0.2, 0.25) is 0 Å². The van der Waals surface area contributed by atoms with Crippen LogP contribution in [0.5, 0.6) is 5.75 Å². The van der Waals surface area contributed by atoms with Crippen LogP contribution in [0.25, 0.3) is 0 Å². The quantitative estimate of drug-likeness (QED) is 0.850. The van der Waals surface area contributed by atoms with E-state index >= 15 is 0 Å². The molecular formula is C16H20N2O2. The minimum Gasteiger partial charge on any atom is -0.492 e. The molecular weight excluding hydrogens is 252 g/mol. The Bertz CT molecular complexity index is 602. The van der Waals surface area contributed by atoms with Gasteiger partial charge in [0.1, 0.15) is 18.1 Å². The summed E-state index contributed by atoms with van der Waals surface area (Å²) in [7, 11) is 1.88. The van der Waals surface area contributed by atoms with Gasteiger partial charge in [-0.3, -0.25) is 4.79 Å². The van der Waals surface area contributed by atoms with Gasteiger partial charge in [-0.1, -0.05) is 12.1 Å². The summed E-state index contributed by atoms with van der Waals surface area (Å²) in [6.45, 7) is 4.93. The number of benzene rings is 1. The zero-order valence-electron chi connectivity index (χ0n) is 12.1. The monoisotopic (exact) mass is 272 g/mol. The molecule has 4 heteroatoms. The molecule has 2 aromatic rings. The number of nitrogens with one attached hydrogen (secondary N) is 1. The van der Waals surface area contributed by atoms with E-state index in [1.807, 2.05) is 61.9 Å². The van der Waals surface area contributed by atoms with Crippen molar-refractivity contribution in [3.63, 3.8) is 0 Å². The maximum Gasteiger partial charge on any atom is 0.268 e. The van der Waals surface area contributed by atoms with Gasteiger partial charge in [-0.15, -0.1) is 0 Å². The topological polar surface area (TPSA) is 43.3 Å². The highest BCUT2D eigenvalue weighted by molar-refractivity contribution is 5.92. The Labute approximate surface area is 119 Å². The predicted octanol–water partition coefficient (Wildman–Crippen LogP) is 2.45. The van der Waals surface area contributed by atoms with E-state index in [-0.39, 0.29) is 5.91 Å². The first-order chi connectivity index (χ1) is 9.58. The van der Waals surface area contributed by atoms with Gasteiger partial charge in [0, 0.05) is 12.7 Å². The summed E-state index contributed by atoms with van der Waals surface area (Å²) in [5, 5.41) is 2.85. The molecule has 106 valence electrons. The molecule has 0 aliphatic carbocycles. The van der Waals surface area contributed by atoms with Gasteiger partial charge in [0.15, 0.2) is 0 Å². The zero-order chi connectivity index (χ0) is 14.5. The van der Waals surface area contributed by atoms with Crippen LogP contribution < -0.4 is 10.1 Å². The second-order valence-electron chi connectivity index (χ2n) is 4.84. The average Bonchev–Trinajstić information content (AvgIpc) is 2.75. The third-order valence-electron chi connectivity index (χ3n) is 3.25. The maximum atomic E-state index is 12.0. The highest BCUT2D eigenvalue weighted by atomic mass is 16.5. The number of ether oxygens (including phenoxy) is 1. The summed E-state index contributed by atoms with van der Waals surface area (Å²) in [4.78, 5) is 12.0. The molecule has 0 saturated heterocycles. The number of aromatic nitrogens is 1. The fourth-order valence-electron chi connectivity index (χ4n) is 1.97. The van der Waals surface area contributed by atoms with Crippen LogP contribution in [0.3, 0.4) is 0 Å². The van der Waals surface area contributed by atoms with Crippen molar-refractivity contribution < 1.29 is 9.53 Å². The number of nitrogens with zero attached hydrogens (tertiary/aromatic N) is 1. The molecule has 1 aromatic heterocycles. The highest BCUT2D eigenvalue weighted by Crippen LogP contribution is 2.11. The molecule has 4 nitrogen and oxygen atoms in total. The van der Waals surface area contributed by atoms with Gasteiger partial charge in [-0.25, -0.2) is 0 Å². The van der Waals surface area contributed by atoms with E-state index in [0.29, 0.717) is 18.8 Å². The van der Waals surface area contributed by atoms with Gasteiger partial charge in [-0.2, -0.15) is 0 Å². The largest absolute Gasteiger partial charge is 0.492 e. The van der Waals surface area contributed by atoms with Gasteiger partial charge in [-0.05, 0) is 43.7 Å². The molecule has 0 fully saturated rings. The lowest BCUT2D eigenvalue weighted by molar-refractivity contribution is 0.0938. The number of hydrogen-bond acceptors (Lipinski definition) is 2. The Morgan fingerprint density at radius 1 is 1.25 bits per heavy atom. The second kappa shape index (κ2) is 6.28. The summed E-state index contributed by atoms with van der Waals surface area (Å²) in [6, 6.07) is 11.6. The molecule has 0 spiro atoms. The molecule has 0 saturated carbocycles. The van der Waals surface area contributed by atoms with E-state index in [4.69, 9.17) is 4.74 Å². The van der Waals surface area contributed by atoms with E-state index in [0.717, 1.165) is 17.0 Å². The maximum absolute atomic E-state index is 12.0. The van der Waals surface area contributed by atoms with E-state index in [1.165, 1.54) is 0 Å². The summed E-state index contributed by atoms with van der Waals surface area (Å²) in [5.74, 6) is 0.752. The normalized spacial score (nSPS) is 10.3. The Kier molecular flexibility index (Phi) is 4.45. The molecule has 0 bridgehead atoms. The molecule has 1 aromatic carbocycles. The highest BCUT2D eigenvalue weighted by Gasteiger charge is 2.09. The number of amides is 1. The molecule has 0 aliphatic rings. The average molecular weight is 272 g/mol. The summed E-state index contributed by atoms with van der Waals surface area (Å²) < 4.78 is 7.46. The van der Waals surface area contributed by atoms with E-state index in [9.17, 15) is 4.79 Å². The minimum absolute atomic E-state index is 0.0755. The van der Waals surface area contributed by atoms with Gasteiger partial charge < -0.3 is 14.6 Å². The third kappa shape index (κ3) is 3.41. The SMILES string of the molecule is Cc1cccc(OCCNC(=O)c2ccc(C)n2C)c1. The van der Waals surface area contributed by atoms with Crippen LogP contribution in [-0.2, 0) is 7.05 Å². The van der Waals surface area contributed by atoms with Crippen molar-refractivity contribution in [1.29, 1.82) is 0 Å². The van der Waals surface area contributed by atoms with Crippen LogP contribution in [-0.4, -0.2) is 23.6 Å². The van der Waals surface area contributed by atoms with Crippen LogP contribution >= 0.6 is 0 Å². The molecule has 1 heterocycles. The Hall–Kier alpha value is -2.23. The summed E-state index contributed by atoms with van der Waals surface area (Å²) in [5.41, 5.74) is 2.88. The Balaban J connectivity index is 1.79. The van der Waals surface area contributed by atoms with E-state index in [2.05, 4.69) is 5.32 Å². The van der Waals surface area contributed by atoms with Crippen molar-refractivity contribution in [3.05, 3.63) is 53.3 Å².